The monoisotopic (exact) mass is 352 g/mol. The maximum absolute atomic E-state index is 5.53. The Labute approximate surface area is 154 Å². The van der Waals surface area contributed by atoms with Crippen LogP contribution in [0.1, 0.15) is 18.2 Å². The molecule has 0 atom stereocenters. The van der Waals surface area contributed by atoms with Crippen LogP contribution in [0, 0.1) is 12.3 Å². The van der Waals surface area contributed by atoms with Crippen molar-refractivity contribution in [2.75, 3.05) is 20.3 Å². The van der Waals surface area contributed by atoms with Crippen molar-refractivity contribution in [1.29, 1.82) is 0 Å². The summed E-state index contributed by atoms with van der Waals surface area (Å²) in [4.78, 5) is 8.90. The van der Waals surface area contributed by atoms with Crippen molar-refractivity contribution in [2.45, 2.75) is 20.0 Å². The molecule has 0 aliphatic carbocycles. The number of pyridine rings is 1. The summed E-state index contributed by atoms with van der Waals surface area (Å²) in [5, 5.41) is 6.50. The Morgan fingerprint density at radius 3 is 2.81 bits per heavy atom. The van der Waals surface area contributed by atoms with Crippen LogP contribution in [0.25, 0.3) is 0 Å². The van der Waals surface area contributed by atoms with Crippen molar-refractivity contribution < 1.29 is 9.47 Å². The molecule has 2 N–H and O–H groups in total. The second-order valence-electron chi connectivity index (χ2n) is 5.35. The van der Waals surface area contributed by atoms with Gasteiger partial charge >= 0.3 is 0 Å². The van der Waals surface area contributed by atoms with Crippen molar-refractivity contribution in [2.24, 2.45) is 4.99 Å². The van der Waals surface area contributed by atoms with Crippen LogP contribution in [0.15, 0.2) is 47.6 Å². The fourth-order valence-corrected chi connectivity index (χ4v) is 2.24. The molecule has 0 radical (unpaired) electrons. The Hall–Kier alpha value is -3.20. The van der Waals surface area contributed by atoms with E-state index in [1.807, 2.05) is 43.3 Å². The SMILES string of the molecule is C#CCOc1cc(CN=C(NCC)NCc2ccccn2)ccc1OC. The minimum atomic E-state index is 0.192. The van der Waals surface area contributed by atoms with E-state index < -0.39 is 0 Å². The van der Waals surface area contributed by atoms with E-state index in [2.05, 4.69) is 26.5 Å². The largest absolute Gasteiger partial charge is 0.493 e. The lowest BCUT2D eigenvalue weighted by Gasteiger charge is -2.12. The van der Waals surface area contributed by atoms with E-state index in [4.69, 9.17) is 15.9 Å². The van der Waals surface area contributed by atoms with Gasteiger partial charge in [0.15, 0.2) is 17.5 Å². The molecule has 1 aromatic heterocycles. The lowest BCUT2D eigenvalue weighted by Crippen LogP contribution is -2.37. The first-order valence-electron chi connectivity index (χ1n) is 8.42. The second-order valence-corrected chi connectivity index (χ2v) is 5.35. The van der Waals surface area contributed by atoms with Crippen molar-refractivity contribution >= 4 is 5.96 Å². The van der Waals surface area contributed by atoms with Gasteiger partial charge in [-0.2, -0.15) is 0 Å². The van der Waals surface area contributed by atoms with E-state index in [9.17, 15) is 0 Å². The number of rotatable bonds is 8. The average molecular weight is 352 g/mol. The topological polar surface area (TPSA) is 67.8 Å². The van der Waals surface area contributed by atoms with Gasteiger partial charge in [0.05, 0.1) is 25.9 Å². The highest BCUT2D eigenvalue weighted by Gasteiger charge is 2.06. The van der Waals surface area contributed by atoms with Gasteiger partial charge in [0, 0.05) is 12.7 Å². The number of methoxy groups -OCH3 is 1. The number of aromatic nitrogens is 1. The molecule has 1 heterocycles. The first-order chi connectivity index (χ1) is 12.8. The van der Waals surface area contributed by atoms with E-state index in [1.165, 1.54) is 0 Å². The van der Waals surface area contributed by atoms with Gasteiger partial charge in [0.25, 0.3) is 0 Å². The Kier molecular flexibility index (Phi) is 7.81. The quantitative estimate of drug-likeness (QED) is 0.434. The summed E-state index contributed by atoms with van der Waals surface area (Å²) in [7, 11) is 1.60. The molecular formula is C20H24N4O2. The first kappa shape index (κ1) is 19.1. The molecule has 0 saturated carbocycles. The minimum absolute atomic E-state index is 0.192. The molecule has 0 fully saturated rings. The predicted octanol–water partition coefficient (Wildman–Crippen LogP) is 2.36. The van der Waals surface area contributed by atoms with E-state index in [-0.39, 0.29) is 6.61 Å². The maximum atomic E-state index is 5.53. The molecule has 6 heteroatoms. The van der Waals surface area contributed by atoms with Crippen LogP contribution in [-0.4, -0.2) is 31.2 Å². The lowest BCUT2D eigenvalue weighted by atomic mass is 10.2. The number of guanidine groups is 1. The van der Waals surface area contributed by atoms with Crippen molar-refractivity contribution in [1.82, 2.24) is 15.6 Å². The van der Waals surface area contributed by atoms with Crippen LogP contribution in [0.3, 0.4) is 0 Å². The highest BCUT2D eigenvalue weighted by atomic mass is 16.5. The molecule has 0 unspecified atom stereocenters. The normalized spacial score (nSPS) is 10.7. The Morgan fingerprint density at radius 1 is 1.23 bits per heavy atom. The number of benzene rings is 1. The molecule has 136 valence electrons. The van der Waals surface area contributed by atoms with Crippen molar-refractivity contribution in [3.63, 3.8) is 0 Å². The number of nitrogens with one attached hydrogen (secondary N) is 2. The van der Waals surface area contributed by atoms with Gasteiger partial charge in [-0.1, -0.05) is 18.1 Å². The zero-order valence-corrected chi connectivity index (χ0v) is 15.2. The maximum Gasteiger partial charge on any atom is 0.191 e. The lowest BCUT2D eigenvalue weighted by molar-refractivity contribution is 0.330. The molecule has 0 amide bonds. The Morgan fingerprint density at radius 2 is 2.12 bits per heavy atom. The molecular weight excluding hydrogens is 328 g/mol. The molecule has 0 bridgehead atoms. The van der Waals surface area contributed by atoms with Gasteiger partial charge in [-0.05, 0) is 36.8 Å². The van der Waals surface area contributed by atoms with Gasteiger partial charge in [0.2, 0.25) is 0 Å². The second kappa shape index (κ2) is 10.6. The first-order valence-corrected chi connectivity index (χ1v) is 8.42. The van der Waals surface area contributed by atoms with Crippen LogP contribution in [0.4, 0.5) is 0 Å². The standard InChI is InChI=1S/C20H24N4O2/c1-4-12-26-19-13-16(9-10-18(19)25-3)14-23-20(21-5-2)24-15-17-8-6-7-11-22-17/h1,6-11,13H,5,12,14-15H2,2-3H3,(H2,21,23,24). The summed E-state index contributed by atoms with van der Waals surface area (Å²) in [6, 6.07) is 11.5. The van der Waals surface area contributed by atoms with E-state index in [0.29, 0.717) is 24.6 Å². The zero-order valence-electron chi connectivity index (χ0n) is 15.2. The number of terminal acetylenes is 1. The van der Waals surface area contributed by atoms with E-state index in [1.54, 1.807) is 13.3 Å². The average Bonchev–Trinajstić information content (AvgIpc) is 2.69. The van der Waals surface area contributed by atoms with Gasteiger partial charge in [-0.3, -0.25) is 4.98 Å². The highest BCUT2D eigenvalue weighted by Crippen LogP contribution is 2.28. The van der Waals surface area contributed by atoms with E-state index >= 15 is 0 Å². The number of nitrogens with zero attached hydrogens (tertiary/aromatic N) is 2. The molecule has 0 aliphatic heterocycles. The summed E-state index contributed by atoms with van der Waals surface area (Å²) in [5.41, 5.74) is 1.94. The fraction of sp³-hybridized carbons (Fsp3) is 0.300. The predicted molar refractivity (Wildman–Crippen MR) is 103 cm³/mol. The van der Waals surface area contributed by atoms with Crippen LogP contribution < -0.4 is 20.1 Å². The molecule has 2 rings (SSSR count). The molecule has 0 aliphatic rings. The van der Waals surface area contributed by atoms with Crippen LogP contribution >= 0.6 is 0 Å². The number of ether oxygens (including phenoxy) is 2. The van der Waals surface area contributed by atoms with Crippen LogP contribution in [-0.2, 0) is 13.1 Å². The molecule has 26 heavy (non-hydrogen) atoms. The van der Waals surface area contributed by atoms with Gasteiger partial charge in [0.1, 0.15) is 6.61 Å². The smallest absolute Gasteiger partial charge is 0.191 e. The summed E-state index contributed by atoms with van der Waals surface area (Å²) in [6.45, 7) is 4.08. The minimum Gasteiger partial charge on any atom is -0.493 e. The number of aliphatic imine (C=N–C) groups is 1. The fourth-order valence-electron chi connectivity index (χ4n) is 2.24. The Balaban J connectivity index is 2.04. The van der Waals surface area contributed by atoms with Crippen LogP contribution in [0.2, 0.25) is 0 Å². The third-order valence-corrected chi connectivity index (χ3v) is 3.47. The van der Waals surface area contributed by atoms with E-state index in [0.717, 1.165) is 23.8 Å². The van der Waals surface area contributed by atoms with Crippen molar-refractivity contribution in [3.8, 4) is 23.8 Å². The molecule has 0 spiro atoms. The number of hydrogen-bond acceptors (Lipinski definition) is 4. The molecule has 0 saturated heterocycles. The summed E-state index contributed by atoms with van der Waals surface area (Å²) in [6.07, 6.45) is 7.03. The van der Waals surface area contributed by atoms with Crippen LogP contribution in [0.5, 0.6) is 11.5 Å². The number of hydrogen-bond donors (Lipinski definition) is 2. The van der Waals surface area contributed by atoms with Gasteiger partial charge < -0.3 is 20.1 Å². The molecule has 2 aromatic rings. The summed E-state index contributed by atoms with van der Waals surface area (Å²) in [5.74, 6) is 4.44. The highest BCUT2D eigenvalue weighted by molar-refractivity contribution is 5.79. The van der Waals surface area contributed by atoms with Gasteiger partial charge in [-0.15, -0.1) is 6.42 Å². The third-order valence-electron chi connectivity index (χ3n) is 3.47. The van der Waals surface area contributed by atoms with Crippen molar-refractivity contribution in [3.05, 3.63) is 53.9 Å². The molecule has 1 aromatic carbocycles. The summed E-state index contributed by atoms with van der Waals surface area (Å²) >= 11 is 0. The van der Waals surface area contributed by atoms with Gasteiger partial charge in [-0.25, -0.2) is 4.99 Å². The zero-order chi connectivity index (χ0) is 18.6. The molecule has 6 nitrogen and oxygen atoms in total. The summed E-state index contributed by atoms with van der Waals surface area (Å²) < 4.78 is 10.8. The Bertz CT molecular complexity index is 754. The third kappa shape index (κ3) is 6.02.